The first-order chi connectivity index (χ1) is 8.32. The Hall–Kier alpha value is -1.80. The van der Waals surface area contributed by atoms with Crippen LogP contribution in [0.15, 0.2) is 16.9 Å². The van der Waals surface area contributed by atoms with E-state index in [1.165, 1.54) is 5.48 Å². The minimum absolute atomic E-state index is 0.0177. The molecule has 0 bridgehead atoms. The van der Waals surface area contributed by atoms with E-state index in [0.717, 1.165) is 6.07 Å². The van der Waals surface area contributed by atoms with Gasteiger partial charge in [0, 0.05) is 0 Å². The average molecular weight is 280 g/mol. The molecule has 2 aromatic rings. The van der Waals surface area contributed by atoms with Crippen LogP contribution in [0.2, 0.25) is 5.02 Å². The number of fused-ring (bicyclic) bond motifs is 1. The highest BCUT2D eigenvalue weighted by Crippen LogP contribution is 2.36. The number of H-pyrrole nitrogens is 1. The monoisotopic (exact) mass is 279 g/mol. The Labute approximate surface area is 102 Å². The van der Waals surface area contributed by atoms with Crippen LogP contribution < -0.4 is 11.0 Å². The fourth-order valence-corrected chi connectivity index (χ4v) is 1.67. The van der Waals surface area contributed by atoms with E-state index < -0.39 is 28.1 Å². The summed E-state index contributed by atoms with van der Waals surface area (Å²) in [6.45, 7) is 0. The Kier molecular flexibility index (Phi) is 2.91. The highest BCUT2D eigenvalue weighted by Gasteiger charge is 2.33. The lowest BCUT2D eigenvalue weighted by molar-refractivity contribution is -0.137. The lowest BCUT2D eigenvalue weighted by Crippen LogP contribution is -2.15. The maximum atomic E-state index is 12.6. The van der Waals surface area contributed by atoms with E-state index in [4.69, 9.17) is 16.8 Å². The zero-order valence-electron chi connectivity index (χ0n) is 8.47. The molecule has 0 radical (unpaired) electrons. The highest BCUT2D eigenvalue weighted by atomic mass is 35.5. The molecule has 0 aliphatic carbocycles. The van der Waals surface area contributed by atoms with Crippen molar-refractivity contribution < 1.29 is 18.4 Å². The third-order valence-corrected chi connectivity index (χ3v) is 2.50. The van der Waals surface area contributed by atoms with Crippen LogP contribution in [-0.2, 0) is 6.18 Å². The largest absolute Gasteiger partial charge is 0.417 e. The Bertz CT molecular complexity index is 668. The molecule has 2 rings (SSSR count). The predicted octanol–water partition coefficient (Wildman–Crippen LogP) is 2.40. The molecule has 9 heteroatoms. The van der Waals surface area contributed by atoms with Crippen LogP contribution >= 0.6 is 11.6 Å². The first-order valence-corrected chi connectivity index (χ1v) is 4.91. The molecule has 96 valence electrons. The van der Waals surface area contributed by atoms with Crippen molar-refractivity contribution in [3.05, 3.63) is 33.1 Å². The van der Waals surface area contributed by atoms with Crippen LogP contribution in [0.25, 0.3) is 11.0 Å². The first kappa shape index (κ1) is 12.7. The maximum absolute atomic E-state index is 12.6. The van der Waals surface area contributed by atoms with Crippen molar-refractivity contribution in [1.29, 1.82) is 0 Å². The molecule has 0 amide bonds. The van der Waals surface area contributed by atoms with Gasteiger partial charge in [0.2, 0.25) is 5.82 Å². The molecule has 0 aliphatic heterocycles. The molecule has 18 heavy (non-hydrogen) atoms. The van der Waals surface area contributed by atoms with Gasteiger partial charge < -0.3 is 4.98 Å². The number of rotatable bonds is 1. The number of aromatic nitrogens is 2. The molecule has 0 spiro atoms. The summed E-state index contributed by atoms with van der Waals surface area (Å²) in [5, 5.41) is 8.04. The molecular formula is C9H5ClF3N3O2. The second-order valence-electron chi connectivity index (χ2n) is 3.37. The fourth-order valence-electron chi connectivity index (χ4n) is 1.40. The maximum Gasteiger partial charge on any atom is 0.417 e. The molecule has 1 aromatic carbocycles. The van der Waals surface area contributed by atoms with Gasteiger partial charge in [-0.15, -0.1) is 0 Å². The zero-order valence-corrected chi connectivity index (χ0v) is 9.23. The Balaban J connectivity index is 2.77. The Morgan fingerprint density at radius 3 is 2.61 bits per heavy atom. The second kappa shape index (κ2) is 4.14. The van der Waals surface area contributed by atoms with E-state index in [2.05, 4.69) is 9.97 Å². The third-order valence-electron chi connectivity index (χ3n) is 2.19. The SMILES string of the molecule is O=c1[nH]c2cc(C(F)(F)F)c(Cl)cc2nc1NO. The first-order valence-electron chi connectivity index (χ1n) is 4.54. The van der Waals surface area contributed by atoms with Gasteiger partial charge in [0.25, 0.3) is 5.56 Å². The lowest BCUT2D eigenvalue weighted by atomic mass is 10.2. The number of aromatic amines is 1. The Morgan fingerprint density at radius 1 is 1.39 bits per heavy atom. The second-order valence-corrected chi connectivity index (χ2v) is 3.78. The Morgan fingerprint density at radius 2 is 2.06 bits per heavy atom. The number of benzene rings is 1. The van der Waals surface area contributed by atoms with Gasteiger partial charge in [0.1, 0.15) is 0 Å². The summed E-state index contributed by atoms with van der Waals surface area (Å²) in [4.78, 5) is 17.0. The summed E-state index contributed by atoms with van der Waals surface area (Å²) in [6.07, 6.45) is -4.63. The molecule has 5 nitrogen and oxygen atoms in total. The van der Waals surface area contributed by atoms with E-state index in [9.17, 15) is 18.0 Å². The molecule has 0 aliphatic rings. The number of hydrogen-bond donors (Lipinski definition) is 3. The molecule has 0 saturated carbocycles. The standard InChI is InChI=1S/C9H5ClF3N3O2/c10-4-2-6-5(1-3(4)9(11,12)13)15-8(17)7(14-6)16-18/h1-2,18H,(H,14,16)(H,15,17). The highest BCUT2D eigenvalue weighted by molar-refractivity contribution is 6.32. The van der Waals surface area contributed by atoms with E-state index in [0.29, 0.717) is 6.07 Å². The van der Waals surface area contributed by atoms with Crippen LogP contribution in [0.4, 0.5) is 19.0 Å². The van der Waals surface area contributed by atoms with E-state index in [1.54, 1.807) is 0 Å². The molecule has 0 saturated heterocycles. The topological polar surface area (TPSA) is 78.0 Å². The van der Waals surface area contributed by atoms with E-state index in [1.807, 2.05) is 0 Å². The molecule has 3 N–H and O–H groups in total. The molecule has 0 unspecified atom stereocenters. The summed E-state index contributed by atoms with van der Waals surface area (Å²) in [5.41, 5.74) is -0.497. The number of hydrogen-bond acceptors (Lipinski definition) is 4. The van der Waals surface area contributed by atoms with Crippen molar-refractivity contribution in [3.63, 3.8) is 0 Å². The van der Waals surface area contributed by atoms with Crippen molar-refractivity contribution in [2.24, 2.45) is 0 Å². The van der Waals surface area contributed by atoms with Crippen molar-refractivity contribution in [2.45, 2.75) is 6.18 Å². The van der Waals surface area contributed by atoms with Gasteiger partial charge in [-0.1, -0.05) is 11.6 Å². The summed E-state index contributed by atoms with van der Waals surface area (Å²) in [7, 11) is 0. The number of halogens is 4. The number of nitrogens with one attached hydrogen (secondary N) is 2. The van der Waals surface area contributed by atoms with Crippen LogP contribution in [0.1, 0.15) is 5.56 Å². The zero-order chi connectivity index (χ0) is 13.5. The average Bonchev–Trinajstić information content (AvgIpc) is 2.26. The molecular weight excluding hydrogens is 275 g/mol. The van der Waals surface area contributed by atoms with Crippen LogP contribution in [-0.4, -0.2) is 15.2 Å². The number of nitrogens with zero attached hydrogens (tertiary/aromatic N) is 1. The minimum atomic E-state index is -4.63. The van der Waals surface area contributed by atoms with E-state index in [-0.39, 0.29) is 11.0 Å². The summed E-state index contributed by atoms with van der Waals surface area (Å²) in [6, 6.07) is 1.64. The van der Waals surface area contributed by atoms with Crippen LogP contribution in [0.3, 0.4) is 0 Å². The van der Waals surface area contributed by atoms with Gasteiger partial charge in [-0.25, -0.2) is 10.5 Å². The molecule has 0 fully saturated rings. The van der Waals surface area contributed by atoms with Crippen molar-refractivity contribution in [3.8, 4) is 0 Å². The summed E-state index contributed by atoms with van der Waals surface area (Å²) in [5.74, 6) is -0.432. The van der Waals surface area contributed by atoms with Crippen molar-refractivity contribution in [1.82, 2.24) is 9.97 Å². The van der Waals surface area contributed by atoms with Crippen molar-refractivity contribution in [2.75, 3.05) is 5.48 Å². The number of alkyl halides is 3. The van der Waals surface area contributed by atoms with Gasteiger partial charge in [-0.3, -0.25) is 10.0 Å². The van der Waals surface area contributed by atoms with Crippen LogP contribution in [0.5, 0.6) is 0 Å². The normalized spacial score (nSPS) is 11.8. The van der Waals surface area contributed by atoms with Gasteiger partial charge >= 0.3 is 6.18 Å². The van der Waals surface area contributed by atoms with Crippen molar-refractivity contribution >= 4 is 28.5 Å². The van der Waals surface area contributed by atoms with Gasteiger partial charge in [-0.05, 0) is 12.1 Å². The lowest BCUT2D eigenvalue weighted by Gasteiger charge is -2.10. The summed E-state index contributed by atoms with van der Waals surface area (Å²) >= 11 is 5.49. The number of anilines is 1. The minimum Gasteiger partial charge on any atom is -0.317 e. The molecule has 0 atom stereocenters. The third kappa shape index (κ3) is 2.12. The van der Waals surface area contributed by atoms with Gasteiger partial charge in [0.15, 0.2) is 0 Å². The predicted molar refractivity (Wildman–Crippen MR) is 57.8 cm³/mol. The quantitative estimate of drug-likeness (QED) is 0.701. The van der Waals surface area contributed by atoms with E-state index >= 15 is 0 Å². The molecule has 1 heterocycles. The smallest absolute Gasteiger partial charge is 0.317 e. The van der Waals surface area contributed by atoms with Gasteiger partial charge in [-0.2, -0.15) is 13.2 Å². The molecule has 1 aromatic heterocycles. The fraction of sp³-hybridized carbons (Fsp3) is 0.111. The van der Waals surface area contributed by atoms with Crippen LogP contribution in [0, 0.1) is 0 Å². The summed E-state index contributed by atoms with van der Waals surface area (Å²) < 4.78 is 37.7. The van der Waals surface area contributed by atoms with Gasteiger partial charge in [0.05, 0.1) is 21.6 Å².